The van der Waals surface area contributed by atoms with Crippen LogP contribution in [0.25, 0.3) is 0 Å². The summed E-state index contributed by atoms with van der Waals surface area (Å²) in [5, 5.41) is 0. The standard InChI is InChI=1S/C14H22S/c1-13(2,3)10-8-7-9-11(12(10)15)14(4,5)6/h7-9,15H,1-6H3. The molecule has 0 spiro atoms. The van der Waals surface area contributed by atoms with E-state index in [0.29, 0.717) is 0 Å². The largest absolute Gasteiger partial charge is 0.143 e. The Bertz CT molecular complexity index is 318. The van der Waals surface area contributed by atoms with E-state index in [-0.39, 0.29) is 10.8 Å². The van der Waals surface area contributed by atoms with Crippen LogP contribution in [0.5, 0.6) is 0 Å². The highest BCUT2D eigenvalue weighted by Gasteiger charge is 2.23. The summed E-state index contributed by atoms with van der Waals surface area (Å²) in [5.74, 6) is 0. The highest BCUT2D eigenvalue weighted by molar-refractivity contribution is 7.80. The summed E-state index contributed by atoms with van der Waals surface area (Å²) >= 11 is 4.70. The lowest BCUT2D eigenvalue weighted by Gasteiger charge is -2.27. The van der Waals surface area contributed by atoms with Crippen molar-refractivity contribution in [3.8, 4) is 0 Å². The van der Waals surface area contributed by atoms with E-state index in [2.05, 4.69) is 59.7 Å². The molecule has 0 atom stereocenters. The Morgan fingerprint density at radius 2 is 1.13 bits per heavy atom. The first kappa shape index (κ1) is 12.6. The molecule has 1 aromatic carbocycles. The lowest BCUT2D eigenvalue weighted by Crippen LogP contribution is -2.17. The van der Waals surface area contributed by atoms with E-state index in [4.69, 9.17) is 12.6 Å². The van der Waals surface area contributed by atoms with Crippen LogP contribution >= 0.6 is 12.6 Å². The molecule has 84 valence electrons. The third-order valence-corrected chi connectivity index (χ3v) is 3.13. The van der Waals surface area contributed by atoms with E-state index >= 15 is 0 Å². The molecule has 1 heteroatoms. The van der Waals surface area contributed by atoms with Gasteiger partial charge >= 0.3 is 0 Å². The number of hydrogen-bond acceptors (Lipinski definition) is 1. The van der Waals surface area contributed by atoms with E-state index in [1.54, 1.807) is 0 Å². The maximum atomic E-state index is 4.70. The minimum absolute atomic E-state index is 0.165. The van der Waals surface area contributed by atoms with E-state index in [1.807, 2.05) is 0 Å². The predicted octanol–water partition coefficient (Wildman–Crippen LogP) is 4.57. The lowest BCUT2D eigenvalue weighted by molar-refractivity contribution is 0.547. The first-order valence-electron chi connectivity index (χ1n) is 5.47. The zero-order valence-electron chi connectivity index (χ0n) is 10.7. The van der Waals surface area contributed by atoms with Gasteiger partial charge in [-0.15, -0.1) is 12.6 Å². The van der Waals surface area contributed by atoms with Gasteiger partial charge in [-0.05, 0) is 22.0 Å². The van der Waals surface area contributed by atoms with Gasteiger partial charge in [-0.2, -0.15) is 0 Å². The van der Waals surface area contributed by atoms with Crippen molar-refractivity contribution < 1.29 is 0 Å². The van der Waals surface area contributed by atoms with Gasteiger partial charge in [0.05, 0.1) is 0 Å². The summed E-state index contributed by atoms with van der Waals surface area (Å²) in [6.07, 6.45) is 0. The molecular formula is C14H22S. The molecule has 15 heavy (non-hydrogen) atoms. The van der Waals surface area contributed by atoms with Gasteiger partial charge in [-0.25, -0.2) is 0 Å². The first-order valence-corrected chi connectivity index (χ1v) is 5.91. The predicted molar refractivity (Wildman–Crippen MR) is 71.1 cm³/mol. The van der Waals surface area contributed by atoms with Crippen molar-refractivity contribution in [2.24, 2.45) is 0 Å². The third kappa shape index (κ3) is 2.78. The van der Waals surface area contributed by atoms with Crippen molar-refractivity contribution in [1.82, 2.24) is 0 Å². The number of thiol groups is 1. The van der Waals surface area contributed by atoms with Crippen LogP contribution in [0.15, 0.2) is 23.1 Å². The second kappa shape index (κ2) is 3.86. The summed E-state index contributed by atoms with van der Waals surface area (Å²) in [4.78, 5) is 1.15. The molecule has 0 bridgehead atoms. The number of benzene rings is 1. The Morgan fingerprint density at radius 1 is 0.800 bits per heavy atom. The van der Waals surface area contributed by atoms with Crippen molar-refractivity contribution in [3.63, 3.8) is 0 Å². The molecule has 0 fully saturated rings. The Labute approximate surface area is 99.5 Å². The van der Waals surface area contributed by atoms with Gasteiger partial charge in [0.2, 0.25) is 0 Å². The van der Waals surface area contributed by atoms with Crippen LogP contribution < -0.4 is 0 Å². The SMILES string of the molecule is CC(C)(C)c1cccc(C(C)(C)C)c1S. The van der Waals surface area contributed by atoms with Gasteiger partial charge in [0.25, 0.3) is 0 Å². The van der Waals surface area contributed by atoms with E-state index in [9.17, 15) is 0 Å². The molecule has 0 unspecified atom stereocenters. The second-order valence-electron chi connectivity index (χ2n) is 6.20. The molecule has 1 rings (SSSR count). The molecule has 0 N–H and O–H groups in total. The fraction of sp³-hybridized carbons (Fsp3) is 0.571. The maximum Gasteiger partial charge on any atom is 0.0115 e. The van der Waals surface area contributed by atoms with Gasteiger partial charge in [-0.3, -0.25) is 0 Å². The van der Waals surface area contributed by atoms with Crippen LogP contribution in [-0.2, 0) is 10.8 Å². The number of rotatable bonds is 0. The zero-order chi connectivity index (χ0) is 11.9. The zero-order valence-corrected chi connectivity index (χ0v) is 11.6. The highest BCUT2D eigenvalue weighted by atomic mass is 32.1. The van der Waals surface area contributed by atoms with Crippen LogP contribution in [0.2, 0.25) is 0 Å². The minimum Gasteiger partial charge on any atom is -0.143 e. The summed E-state index contributed by atoms with van der Waals surface area (Å²) in [6, 6.07) is 6.50. The Hall–Kier alpha value is -0.430. The Morgan fingerprint density at radius 3 is 1.40 bits per heavy atom. The fourth-order valence-electron chi connectivity index (χ4n) is 1.75. The summed E-state index contributed by atoms with van der Waals surface area (Å²) in [6.45, 7) is 13.4. The highest BCUT2D eigenvalue weighted by Crippen LogP contribution is 2.35. The Balaban J connectivity index is 3.37. The molecule has 0 saturated heterocycles. The van der Waals surface area contributed by atoms with Crippen LogP contribution in [-0.4, -0.2) is 0 Å². The van der Waals surface area contributed by atoms with Gasteiger partial charge in [-0.1, -0.05) is 59.7 Å². The number of hydrogen-bond donors (Lipinski definition) is 1. The Kier molecular flexibility index (Phi) is 3.25. The van der Waals surface area contributed by atoms with Crippen molar-refractivity contribution in [2.45, 2.75) is 57.3 Å². The quantitative estimate of drug-likeness (QED) is 0.611. The van der Waals surface area contributed by atoms with Crippen LogP contribution in [0.1, 0.15) is 52.7 Å². The topological polar surface area (TPSA) is 0 Å². The van der Waals surface area contributed by atoms with Crippen molar-refractivity contribution >= 4 is 12.6 Å². The normalized spacial score (nSPS) is 13.0. The third-order valence-electron chi connectivity index (χ3n) is 2.65. The molecule has 0 nitrogen and oxygen atoms in total. The molecule has 0 saturated carbocycles. The summed E-state index contributed by atoms with van der Waals surface area (Å²) < 4.78 is 0. The van der Waals surface area contributed by atoms with E-state index in [0.717, 1.165) is 4.90 Å². The summed E-state index contributed by atoms with van der Waals surface area (Å²) in [5.41, 5.74) is 2.99. The van der Waals surface area contributed by atoms with Gasteiger partial charge in [0.15, 0.2) is 0 Å². The minimum atomic E-state index is 0.165. The monoisotopic (exact) mass is 222 g/mol. The smallest absolute Gasteiger partial charge is 0.0115 e. The van der Waals surface area contributed by atoms with Gasteiger partial charge in [0.1, 0.15) is 0 Å². The van der Waals surface area contributed by atoms with Gasteiger partial charge in [0, 0.05) is 4.90 Å². The maximum absolute atomic E-state index is 4.70. The van der Waals surface area contributed by atoms with Crippen molar-refractivity contribution in [3.05, 3.63) is 29.3 Å². The van der Waals surface area contributed by atoms with E-state index in [1.165, 1.54) is 11.1 Å². The molecule has 0 aliphatic carbocycles. The second-order valence-corrected chi connectivity index (χ2v) is 6.65. The average Bonchev–Trinajstić information content (AvgIpc) is 1.99. The molecule has 1 aromatic rings. The first-order chi connectivity index (χ1) is 6.64. The van der Waals surface area contributed by atoms with Crippen LogP contribution in [0.4, 0.5) is 0 Å². The molecule has 0 aliphatic heterocycles. The van der Waals surface area contributed by atoms with Gasteiger partial charge < -0.3 is 0 Å². The van der Waals surface area contributed by atoms with Crippen LogP contribution in [0, 0.1) is 0 Å². The molecule has 0 aromatic heterocycles. The van der Waals surface area contributed by atoms with Crippen molar-refractivity contribution in [1.29, 1.82) is 0 Å². The summed E-state index contributed by atoms with van der Waals surface area (Å²) in [7, 11) is 0. The lowest BCUT2D eigenvalue weighted by atomic mass is 9.80. The van der Waals surface area contributed by atoms with E-state index < -0.39 is 0 Å². The molecular weight excluding hydrogens is 200 g/mol. The average molecular weight is 222 g/mol. The molecule has 0 amide bonds. The van der Waals surface area contributed by atoms with Crippen LogP contribution in [0.3, 0.4) is 0 Å². The molecule has 0 aliphatic rings. The molecule has 0 radical (unpaired) electrons. The fourth-order valence-corrected chi connectivity index (χ4v) is 2.57. The molecule has 0 heterocycles. The van der Waals surface area contributed by atoms with Crippen molar-refractivity contribution in [2.75, 3.05) is 0 Å².